The molecule has 2 saturated carbocycles. The molecule has 2 amide bonds. The van der Waals surface area contributed by atoms with Crippen LogP contribution >= 0.6 is 0 Å². The molecule has 33 heavy (non-hydrogen) atoms. The number of ether oxygens (including phenoxy) is 1. The van der Waals surface area contributed by atoms with E-state index in [2.05, 4.69) is 29.6 Å². The summed E-state index contributed by atoms with van der Waals surface area (Å²) in [4.78, 5) is 38.4. The van der Waals surface area contributed by atoms with Crippen LogP contribution in [0, 0.1) is 11.3 Å². The molecule has 0 bridgehead atoms. The van der Waals surface area contributed by atoms with Gasteiger partial charge in [-0.05, 0) is 53.9 Å². The number of nitrogens with zero attached hydrogens (tertiary/aromatic N) is 1. The summed E-state index contributed by atoms with van der Waals surface area (Å²) in [6.07, 6.45) is 2.14. The van der Waals surface area contributed by atoms with Gasteiger partial charge in [-0.3, -0.25) is 4.79 Å². The normalized spacial score (nSPS) is 28.8. The summed E-state index contributed by atoms with van der Waals surface area (Å²) in [5.41, 5.74) is 4.21. The Labute approximate surface area is 191 Å². The van der Waals surface area contributed by atoms with Crippen LogP contribution in [0.1, 0.15) is 42.7 Å². The second kappa shape index (κ2) is 7.33. The van der Waals surface area contributed by atoms with Crippen LogP contribution in [0.4, 0.5) is 4.79 Å². The quantitative estimate of drug-likeness (QED) is 0.734. The molecular formula is C26H26N2O5. The molecule has 6 rings (SSSR count). The summed E-state index contributed by atoms with van der Waals surface area (Å²) in [6, 6.07) is 15.6. The second-order valence-electron chi connectivity index (χ2n) is 9.81. The number of hydrogen-bond acceptors (Lipinski definition) is 4. The maximum Gasteiger partial charge on any atom is 0.407 e. The minimum atomic E-state index is -0.936. The number of hydrogen-bond donors (Lipinski definition) is 2. The number of carboxylic acid groups (broad SMARTS) is 1. The van der Waals surface area contributed by atoms with Gasteiger partial charge in [0.1, 0.15) is 12.6 Å². The molecule has 0 spiro atoms. The number of carbonyl (C=O) groups is 3. The van der Waals surface area contributed by atoms with Gasteiger partial charge in [0, 0.05) is 18.5 Å². The third-order valence-corrected chi connectivity index (χ3v) is 8.07. The van der Waals surface area contributed by atoms with Crippen LogP contribution in [0.15, 0.2) is 48.5 Å². The number of fused-ring (bicyclic) bond motifs is 4. The van der Waals surface area contributed by atoms with E-state index in [1.807, 2.05) is 24.3 Å². The van der Waals surface area contributed by atoms with Crippen LogP contribution < -0.4 is 5.32 Å². The van der Waals surface area contributed by atoms with Crippen molar-refractivity contribution in [2.24, 2.45) is 11.3 Å². The average Bonchev–Trinajstić information content (AvgIpc) is 3.19. The lowest BCUT2D eigenvalue weighted by Crippen LogP contribution is -2.57. The third kappa shape index (κ3) is 3.13. The van der Waals surface area contributed by atoms with Crippen LogP contribution in [0.2, 0.25) is 0 Å². The zero-order chi connectivity index (χ0) is 22.7. The zero-order valence-electron chi connectivity index (χ0n) is 18.2. The van der Waals surface area contributed by atoms with Crippen molar-refractivity contribution in [3.05, 3.63) is 59.7 Å². The first-order chi connectivity index (χ1) is 16.0. The molecule has 7 nitrogen and oxygen atoms in total. The lowest BCUT2D eigenvalue weighted by atomic mass is 9.94. The molecule has 1 aliphatic heterocycles. The minimum Gasteiger partial charge on any atom is -0.480 e. The molecule has 2 aromatic rings. The third-order valence-electron chi connectivity index (χ3n) is 8.07. The zero-order valence-corrected chi connectivity index (χ0v) is 18.2. The molecule has 3 aliphatic carbocycles. The van der Waals surface area contributed by atoms with E-state index in [0.717, 1.165) is 12.8 Å². The largest absolute Gasteiger partial charge is 0.480 e. The van der Waals surface area contributed by atoms with Crippen molar-refractivity contribution >= 4 is 18.0 Å². The fraction of sp³-hybridized carbons (Fsp3) is 0.423. The Hall–Kier alpha value is -3.35. The average molecular weight is 447 g/mol. The van der Waals surface area contributed by atoms with Gasteiger partial charge in [-0.15, -0.1) is 0 Å². The van der Waals surface area contributed by atoms with Gasteiger partial charge >= 0.3 is 12.1 Å². The standard InChI is InChI=1S/C26H26N2O5/c29-23(30)22-9-10-28(22)24(31)26-12-15(26)11-16(13-26)27-25(32)33-14-21-19-7-3-1-5-17(19)18-6-2-4-8-20(18)21/h1-8,15-16,21-22H,9-14H2,(H,27,32)(H,29,30)/t15-,16+,22?,26+/m0/s1. The Morgan fingerprint density at radius 2 is 1.70 bits per heavy atom. The van der Waals surface area contributed by atoms with E-state index in [4.69, 9.17) is 4.74 Å². The molecule has 4 atom stereocenters. The summed E-state index contributed by atoms with van der Waals surface area (Å²) >= 11 is 0. The Morgan fingerprint density at radius 1 is 1.03 bits per heavy atom. The highest BCUT2D eigenvalue weighted by molar-refractivity contribution is 5.91. The first kappa shape index (κ1) is 20.3. The maximum atomic E-state index is 13.0. The van der Waals surface area contributed by atoms with Gasteiger partial charge < -0.3 is 20.1 Å². The molecule has 0 radical (unpaired) electrons. The minimum absolute atomic E-state index is 0.00687. The van der Waals surface area contributed by atoms with Crippen molar-refractivity contribution in [2.75, 3.05) is 13.2 Å². The SMILES string of the molecule is O=C(N[C@@H]1C[C@H]2C[C@@]2(C(=O)N2CCC2C(=O)O)C1)OCC1c2ccccc2-c2ccccc21. The molecule has 1 unspecified atom stereocenters. The molecule has 170 valence electrons. The Balaban J connectivity index is 1.07. The van der Waals surface area contributed by atoms with E-state index in [0.29, 0.717) is 19.4 Å². The molecule has 2 aromatic carbocycles. The number of nitrogens with one attached hydrogen (secondary N) is 1. The number of carboxylic acids is 1. The van der Waals surface area contributed by atoms with Crippen molar-refractivity contribution < 1.29 is 24.2 Å². The molecular weight excluding hydrogens is 420 g/mol. The molecule has 0 aromatic heterocycles. The fourth-order valence-electron chi connectivity index (χ4n) is 6.25. The highest BCUT2D eigenvalue weighted by atomic mass is 16.5. The predicted octanol–water partition coefficient (Wildman–Crippen LogP) is 3.38. The van der Waals surface area contributed by atoms with Crippen molar-refractivity contribution in [1.29, 1.82) is 0 Å². The first-order valence-electron chi connectivity index (χ1n) is 11.6. The summed E-state index contributed by atoms with van der Waals surface area (Å²) in [5, 5.41) is 12.2. The number of likely N-dealkylation sites (tertiary alicyclic amines) is 1. The topological polar surface area (TPSA) is 95.9 Å². The molecule has 4 aliphatic rings. The van der Waals surface area contributed by atoms with Crippen LogP contribution in [-0.2, 0) is 14.3 Å². The van der Waals surface area contributed by atoms with E-state index in [1.54, 1.807) is 0 Å². The Kier molecular flexibility index (Phi) is 4.50. The summed E-state index contributed by atoms with van der Waals surface area (Å²) in [5.74, 6) is -0.760. The van der Waals surface area contributed by atoms with E-state index >= 15 is 0 Å². The fourth-order valence-corrected chi connectivity index (χ4v) is 6.25. The number of benzene rings is 2. The number of aliphatic carboxylic acids is 1. The molecule has 7 heteroatoms. The van der Waals surface area contributed by atoms with Gasteiger partial charge in [-0.25, -0.2) is 9.59 Å². The van der Waals surface area contributed by atoms with Crippen LogP contribution in [0.3, 0.4) is 0 Å². The lowest BCUT2D eigenvalue weighted by Gasteiger charge is -2.40. The van der Waals surface area contributed by atoms with Crippen molar-refractivity contribution in [2.45, 2.75) is 43.7 Å². The van der Waals surface area contributed by atoms with E-state index in [-0.39, 0.29) is 30.4 Å². The van der Waals surface area contributed by atoms with Gasteiger partial charge in [0.25, 0.3) is 0 Å². The van der Waals surface area contributed by atoms with E-state index in [9.17, 15) is 19.5 Å². The van der Waals surface area contributed by atoms with Crippen LogP contribution in [-0.4, -0.2) is 53.2 Å². The first-order valence-corrected chi connectivity index (χ1v) is 11.6. The molecule has 2 N–H and O–H groups in total. The smallest absolute Gasteiger partial charge is 0.407 e. The molecule has 1 saturated heterocycles. The Bertz CT molecular complexity index is 1120. The maximum absolute atomic E-state index is 13.0. The summed E-state index contributed by atoms with van der Waals surface area (Å²) in [7, 11) is 0. The number of rotatable bonds is 5. The van der Waals surface area contributed by atoms with Crippen LogP contribution in [0.25, 0.3) is 11.1 Å². The van der Waals surface area contributed by atoms with Crippen LogP contribution in [0.5, 0.6) is 0 Å². The van der Waals surface area contributed by atoms with Gasteiger partial charge in [0.05, 0.1) is 5.41 Å². The van der Waals surface area contributed by atoms with E-state index in [1.165, 1.54) is 27.2 Å². The molecule has 3 fully saturated rings. The number of carbonyl (C=O) groups excluding carboxylic acids is 2. The van der Waals surface area contributed by atoms with Gasteiger partial charge in [0.2, 0.25) is 5.91 Å². The number of alkyl carbamates (subject to hydrolysis) is 1. The second-order valence-corrected chi connectivity index (χ2v) is 9.81. The lowest BCUT2D eigenvalue weighted by molar-refractivity contribution is -0.160. The van der Waals surface area contributed by atoms with Gasteiger partial charge in [0.15, 0.2) is 0 Å². The van der Waals surface area contributed by atoms with Gasteiger partial charge in [-0.2, -0.15) is 0 Å². The molecule has 1 heterocycles. The Morgan fingerprint density at radius 3 is 2.30 bits per heavy atom. The van der Waals surface area contributed by atoms with Crippen molar-refractivity contribution in [3.63, 3.8) is 0 Å². The monoisotopic (exact) mass is 446 g/mol. The van der Waals surface area contributed by atoms with E-state index < -0.39 is 23.5 Å². The number of amides is 2. The highest BCUT2D eigenvalue weighted by Crippen LogP contribution is 2.64. The highest BCUT2D eigenvalue weighted by Gasteiger charge is 2.67. The van der Waals surface area contributed by atoms with Crippen molar-refractivity contribution in [1.82, 2.24) is 10.2 Å². The summed E-state index contributed by atoms with van der Waals surface area (Å²) in [6.45, 7) is 0.767. The summed E-state index contributed by atoms with van der Waals surface area (Å²) < 4.78 is 5.65. The van der Waals surface area contributed by atoms with Crippen molar-refractivity contribution in [3.8, 4) is 11.1 Å². The predicted molar refractivity (Wildman–Crippen MR) is 120 cm³/mol. The van der Waals surface area contributed by atoms with Gasteiger partial charge in [-0.1, -0.05) is 48.5 Å².